The Balaban J connectivity index is 1.32. The lowest BCUT2D eigenvalue weighted by Crippen LogP contribution is -2.49. The topological polar surface area (TPSA) is 97.4 Å². The van der Waals surface area contributed by atoms with Crippen molar-refractivity contribution in [3.05, 3.63) is 82.9 Å². The van der Waals surface area contributed by atoms with Crippen molar-refractivity contribution in [3.63, 3.8) is 0 Å². The van der Waals surface area contributed by atoms with Crippen molar-refractivity contribution in [1.29, 1.82) is 0 Å². The molecule has 1 aliphatic carbocycles. The Bertz CT molecular complexity index is 1510. The highest BCUT2D eigenvalue weighted by Gasteiger charge is 2.44. The van der Waals surface area contributed by atoms with Crippen LogP contribution in [0.15, 0.2) is 61.1 Å². The van der Waals surface area contributed by atoms with Crippen LogP contribution in [0.3, 0.4) is 0 Å². The third-order valence-corrected chi connectivity index (χ3v) is 7.71. The Morgan fingerprint density at radius 1 is 1.24 bits per heavy atom. The Morgan fingerprint density at radius 3 is 2.79 bits per heavy atom. The van der Waals surface area contributed by atoms with Crippen LogP contribution < -0.4 is 5.32 Å². The molecule has 1 saturated carbocycles. The number of anilines is 2. The van der Waals surface area contributed by atoms with E-state index < -0.39 is 5.60 Å². The fourth-order valence-electron chi connectivity index (χ4n) is 5.20. The highest BCUT2D eigenvalue weighted by Crippen LogP contribution is 2.47. The molecule has 0 bridgehead atoms. The molecule has 3 aromatic heterocycles. The van der Waals surface area contributed by atoms with Gasteiger partial charge in [0, 0.05) is 56.8 Å². The molecule has 1 amide bonds. The van der Waals surface area contributed by atoms with E-state index in [1.54, 1.807) is 24.2 Å². The molecule has 2 aliphatic rings. The summed E-state index contributed by atoms with van der Waals surface area (Å²) in [6, 6.07) is 13.3. The average Bonchev–Trinajstić information content (AvgIpc) is 3.31. The van der Waals surface area contributed by atoms with E-state index in [-0.39, 0.29) is 11.9 Å². The fraction of sp³-hybridized carbons (Fsp3) is 0.321. The number of methoxy groups -OCH3 is 1. The summed E-state index contributed by atoms with van der Waals surface area (Å²) in [5, 5.41) is 18.7. The standard InChI is InChI=1S/C28H29ClN6O3/c1-33-26(7-10-31-33)32-25-12-21(23(29)13-30-25)19-11-24-27(36)35(20(17-38-2)16-34(24)14-19)15-18-5-3-4-6-22(18)28(37)8-9-28/h3-7,10-14,20,37H,8-9,15-17H2,1-2H3,(H,30,32)/t20-/m1/s1. The maximum absolute atomic E-state index is 13.8. The van der Waals surface area contributed by atoms with E-state index in [9.17, 15) is 9.90 Å². The zero-order valence-corrected chi connectivity index (χ0v) is 22.0. The number of aromatic nitrogens is 4. The number of rotatable bonds is 8. The maximum atomic E-state index is 13.8. The van der Waals surface area contributed by atoms with E-state index in [2.05, 4.69) is 15.4 Å². The Morgan fingerprint density at radius 2 is 2.05 bits per heavy atom. The first-order chi connectivity index (χ1) is 18.4. The third kappa shape index (κ3) is 4.47. The number of nitrogens with zero attached hydrogens (tertiary/aromatic N) is 5. The third-order valence-electron chi connectivity index (χ3n) is 7.41. The molecule has 1 aliphatic heterocycles. The second-order valence-electron chi connectivity index (χ2n) is 10.0. The molecule has 1 aromatic carbocycles. The minimum Gasteiger partial charge on any atom is -0.385 e. The zero-order valence-electron chi connectivity index (χ0n) is 21.3. The summed E-state index contributed by atoms with van der Waals surface area (Å²) >= 11 is 6.57. The van der Waals surface area contributed by atoms with Crippen molar-refractivity contribution in [2.45, 2.75) is 37.6 Å². The van der Waals surface area contributed by atoms with E-state index in [0.29, 0.717) is 36.2 Å². The number of carbonyl (C=O) groups is 1. The van der Waals surface area contributed by atoms with Gasteiger partial charge in [-0.3, -0.25) is 9.48 Å². The number of halogens is 1. The summed E-state index contributed by atoms with van der Waals surface area (Å²) in [7, 11) is 3.49. The Hall–Kier alpha value is -3.66. The average molecular weight is 533 g/mol. The highest BCUT2D eigenvalue weighted by atomic mass is 35.5. The number of amides is 1. The van der Waals surface area contributed by atoms with E-state index >= 15 is 0 Å². The molecule has 1 fully saturated rings. The van der Waals surface area contributed by atoms with Gasteiger partial charge < -0.3 is 24.6 Å². The first-order valence-corrected chi connectivity index (χ1v) is 13.0. The van der Waals surface area contributed by atoms with Crippen LogP contribution >= 0.6 is 11.6 Å². The van der Waals surface area contributed by atoms with Crippen molar-refractivity contribution in [2.24, 2.45) is 7.05 Å². The highest BCUT2D eigenvalue weighted by molar-refractivity contribution is 6.33. The molecule has 0 radical (unpaired) electrons. The summed E-state index contributed by atoms with van der Waals surface area (Å²) in [6.45, 7) is 1.39. The van der Waals surface area contributed by atoms with Gasteiger partial charge in [0.1, 0.15) is 17.3 Å². The van der Waals surface area contributed by atoms with Gasteiger partial charge in [0.25, 0.3) is 5.91 Å². The van der Waals surface area contributed by atoms with Crippen LogP contribution in [0.2, 0.25) is 5.02 Å². The largest absolute Gasteiger partial charge is 0.385 e. The molecule has 2 N–H and O–H groups in total. The number of pyridine rings is 1. The molecule has 1 atom stereocenters. The number of hydrogen-bond acceptors (Lipinski definition) is 6. The molecule has 0 spiro atoms. The molecular formula is C28H29ClN6O3. The second-order valence-corrected chi connectivity index (χ2v) is 10.4. The molecule has 0 unspecified atom stereocenters. The van der Waals surface area contributed by atoms with Gasteiger partial charge >= 0.3 is 0 Å². The predicted octanol–water partition coefficient (Wildman–Crippen LogP) is 4.33. The van der Waals surface area contributed by atoms with Gasteiger partial charge in [-0.2, -0.15) is 5.10 Å². The SMILES string of the molecule is COC[C@H]1Cn2cc(-c3cc(Nc4ccnn4C)ncc3Cl)cc2C(=O)N1Cc1ccccc1C1(O)CC1. The molecule has 4 heterocycles. The molecule has 38 heavy (non-hydrogen) atoms. The zero-order chi connectivity index (χ0) is 26.4. The Labute approximate surface area is 225 Å². The minimum atomic E-state index is -0.779. The molecule has 10 heteroatoms. The summed E-state index contributed by atoms with van der Waals surface area (Å²) < 4.78 is 9.20. The summed E-state index contributed by atoms with van der Waals surface area (Å²) in [4.78, 5) is 20.1. The van der Waals surface area contributed by atoms with E-state index in [1.807, 2.05) is 65.2 Å². The number of benzene rings is 1. The summed E-state index contributed by atoms with van der Waals surface area (Å²) in [5.41, 5.74) is 3.28. The number of aliphatic hydroxyl groups is 1. The number of hydrogen-bond donors (Lipinski definition) is 2. The van der Waals surface area contributed by atoms with Crippen molar-refractivity contribution < 1.29 is 14.6 Å². The number of fused-ring (bicyclic) bond motifs is 1. The van der Waals surface area contributed by atoms with Crippen LogP contribution in [-0.4, -0.2) is 55.0 Å². The first-order valence-electron chi connectivity index (χ1n) is 12.6. The lowest BCUT2D eigenvalue weighted by atomic mass is 9.99. The number of ether oxygens (including phenoxy) is 1. The summed E-state index contributed by atoms with van der Waals surface area (Å²) in [5.74, 6) is 1.34. The van der Waals surface area contributed by atoms with Crippen molar-refractivity contribution in [1.82, 2.24) is 24.2 Å². The molecule has 4 aromatic rings. The van der Waals surface area contributed by atoms with Gasteiger partial charge in [-0.1, -0.05) is 35.9 Å². The van der Waals surface area contributed by atoms with Gasteiger partial charge in [-0.05, 0) is 36.1 Å². The second kappa shape index (κ2) is 9.58. The van der Waals surface area contributed by atoms with E-state index in [4.69, 9.17) is 16.3 Å². The van der Waals surface area contributed by atoms with E-state index in [1.165, 1.54) is 0 Å². The Kier molecular flexibility index (Phi) is 6.22. The fourth-order valence-corrected chi connectivity index (χ4v) is 5.41. The maximum Gasteiger partial charge on any atom is 0.271 e. The lowest BCUT2D eigenvalue weighted by Gasteiger charge is -2.37. The molecule has 0 saturated heterocycles. The minimum absolute atomic E-state index is 0.0828. The molecule has 9 nitrogen and oxygen atoms in total. The van der Waals surface area contributed by atoms with Crippen molar-refractivity contribution in [2.75, 3.05) is 19.0 Å². The smallest absolute Gasteiger partial charge is 0.271 e. The number of aryl methyl sites for hydroxylation is 1. The predicted molar refractivity (Wildman–Crippen MR) is 144 cm³/mol. The quantitative estimate of drug-likeness (QED) is 0.350. The van der Waals surface area contributed by atoms with Crippen LogP contribution in [0.1, 0.15) is 34.5 Å². The van der Waals surface area contributed by atoms with Gasteiger partial charge in [0.2, 0.25) is 0 Å². The van der Waals surface area contributed by atoms with Gasteiger partial charge in [-0.15, -0.1) is 0 Å². The number of nitrogens with one attached hydrogen (secondary N) is 1. The van der Waals surface area contributed by atoms with Crippen LogP contribution in [0.25, 0.3) is 11.1 Å². The van der Waals surface area contributed by atoms with Crippen LogP contribution in [-0.2, 0) is 30.5 Å². The number of carbonyl (C=O) groups excluding carboxylic acids is 1. The molecule has 196 valence electrons. The van der Waals surface area contributed by atoms with Crippen LogP contribution in [0.5, 0.6) is 0 Å². The van der Waals surface area contributed by atoms with Crippen LogP contribution in [0.4, 0.5) is 11.6 Å². The summed E-state index contributed by atoms with van der Waals surface area (Å²) in [6.07, 6.45) is 6.76. The van der Waals surface area contributed by atoms with E-state index in [0.717, 1.165) is 40.9 Å². The van der Waals surface area contributed by atoms with Crippen LogP contribution in [0, 0.1) is 0 Å². The van der Waals surface area contributed by atoms with Crippen molar-refractivity contribution in [3.8, 4) is 11.1 Å². The normalized spacial score (nSPS) is 17.9. The van der Waals surface area contributed by atoms with Gasteiger partial charge in [0.15, 0.2) is 0 Å². The molecular weight excluding hydrogens is 504 g/mol. The monoisotopic (exact) mass is 532 g/mol. The van der Waals surface area contributed by atoms with Gasteiger partial charge in [-0.25, -0.2) is 4.98 Å². The lowest BCUT2D eigenvalue weighted by molar-refractivity contribution is 0.0383. The first kappa shape index (κ1) is 24.7. The van der Waals surface area contributed by atoms with Gasteiger partial charge in [0.05, 0.1) is 29.5 Å². The van der Waals surface area contributed by atoms with Crippen molar-refractivity contribution >= 4 is 29.1 Å². The molecule has 6 rings (SSSR count).